The van der Waals surface area contributed by atoms with Crippen LogP contribution < -0.4 is 10.6 Å². The van der Waals surface area contributed by atoms with Gasteiger partial charge in [0.2, 0.25) is 0 Å². The van der Waals surface area contributed by atoms with Gasteiger partial charge in [0.15, 0.2) is 5.96 Å². The molecule has 4 nitrogen and oxygen atoms in total. The van der Waals surface area contributed by atoms with Crippen molar-refractivity contribution in [3.05, 3.63) is 0 Å². The van der Waals surface area contributed by atoms with Crippen LogP contribution in [0.15, 0.2) is 4.99 Å². The van der Waals surface area contributed by atoms with Crippen molar-refractivity contribution in [1.82, 2.24) is 10.6 Å². The van der Waals surface area contributed by atoms with Gasteiger partial charge in [-0.05, 0) is 32.6 Å². The number of hydrogen-bond donors (Lipinski definition) is 2. The average Bonchev–Trinajstić information content (AvgIpc) is 2.60. The molecule has 1 heterocycles. The zero-order valence-electron chi connectivity index (χ0n) is 9.63. The monoisotopic (exact) mass is 209 g/mol. The second-order valence-corrected chi connectivity index (χ2v) is 4.92. The summed E-state index contributed by atoms with van der Waals surface area (Å²) in [6.45, 7) is 6.14. The van der Waals surface area contributed by atoms with E-state index < -0.39 is 0 Å². The highest BCUT2D eigenvalue weighted by atomic mass is 16.2. The number of carbonyl (C=O) groups excluding carboxylic acids is 1. The maximum atomic E-state index is 11.9. The maximum Gasteiger partial charge on any atom is 0.252 e. The first kappa shape index (κ1) is 10.5. The topological polar surface area (TPSA) is 53.5 Å². The van der Waals surface area contributed by atoms with E-state index in [9.17, 15) is 4.79 Å². The van der Waals surface area contributed by atoms with Crippen molar-refractivity contribution in [3.63, 3.8) is 0 Å². The average molecular weight is 209 g/mol. The summed E-state index contributed by atoms with van der Waals surface area (Å²) in [5, 5.41) is 6.13. The number of nitrogens with zero attached hydrogens (tertiary/aromatic N) is 1. The second-order valence-electron chi connectivity index (χ2n) is 4.92. The Hall–Kier alpha value is -1.06. The predicted octanol–water partition coefficient (Wildman–Crippen LogP) is 1.03. The molecule has 0 aromatic carbocycles. The molecule has 15 heavy (non-hydrogen) atoms. The van der Waals surface area contributed by atoms with E-state index in [4.69, 9.17) is 0 Å². The fraction of sp³-hybridized carbons (Fsp3) is 0.818. The van der Waals surface area contributed by atoms with Gasteiger partial charge in [0.25, 0.3) is 5.91 Å². The lowest BCUT2D eigenvalue weighted by Gasteiger charge is -2.25. The third-order valence-electron chi connectivity index (χ3n) is 3.42. The van der Waals surface area contributed by atoms with Gasteiger partial charge < -0.3 is 5.32 Å². The summed E-state index contributed by atoms with van der Waals surface area (Å²) in [5.74, 6) is 1.16. The zero-order valence-corrected chi connectivity index (χ0v) is 9.63. The standard InChI is InChI=1S/C11H19N3O/c1-7(2)12-10-13-9(15)11(14-10)6-4-5-8(11)3/h7-8H,4-6H2,1-3H3,(H2,12,13,14,15). The molecule has 2 fully saturated rings. The second kappa shape index (κ2) is 3.51. The van der Waals surface area contributed by atoms with Gasteiger partial charge in [0.05, 0.1) is 0 Å². The fourth-order valence-electron chi connectivity index (χ4n) is 2.54. The van der Waals surface area contributed by atoms with Crippen molar-refractivity contribution in [1.29, 1.82) is 0 Å². The molecule has 0 aromatic heterocycles. The molecule has 2 rings (SSSR count). The van der Waals surface area contributed by atoms with Crippen LogP contribution in [0, 0.1) is 5.92 Å². The van der Waals surface area contributed by atoms with E-state index in [1.165, 1.54) is 0 Å². The van der Waals surface area contributed by atoms with Crippen molar-refractivity contribution >= 4 is 11.9 Å². The van der Waals surface area contributed by atoms with Gasteiger partial charge >= 0.3 is 0 Å². The predicted molar refractivity (Wildman–Crippen MR) is 59.6 cm³/mol. The molecule has 1 saturated carbocycles. The van der Waals surface area contributed by atoms with Crippen LogP contribution in [0.3, 0.4) is 0 Å². The van der Waals surface area contributed by atoms with Gasteiger partial charge in [0.1, 0.15) is 5.54 Å². The summed E-state index contributed by atoms with van der Waals surface area (Å²) >= 11 is 0. The molecule has 0 radical (unpaired) electrons. The quantitative estimate of drug-likeness (QED) is 0.677. The van der Waals surface area contributed by atoms with Crippen LogP contribution in [0.2, 0.25) is 0 Å². The number of rotatable bonds is 1. The molecule has 1 aliphatic heterocycles. The molecule has 0 aromatic rings. The number of guanidine groups is 1. The first-order valence-corrected chi connectivity index (χ1v) is 5.72. The summed E-state index contributed by atoms with van der Waals surface area (Å²) in [7, 11) is 0. The Kier molecular flexibility index (Phi) is 2.44. The van der Waals surface area contributed by atoms with Crippen LogP contribution >= 0.6 is 0 Å². The van der Waals surface area contributed by atoms with E-state index in [-0.39, 0.29) is 17.5 Å². The van der Waals surface area contributed by atoms with E-state index in [1.54, 1.807) is 0 Å². The molecule has 84 valence electrons. The van der Waals surface area contributed by atoms with Crippen LogP contribution in [0.5, 0.6) is 0 Å². The Morgan fingerprint density at radius 2 is 2.27 bits per heavy atom. The Balaban J connectivity index is 2.20. The minimum Gasteiger partial charge on any atom is -0.341 e. The molecule has 1 amide bonds. The Morgan fingerprint density at radius 3 is 2.80 bits per heavy atom. The van der Waals surface area contributed by atoms with Crippen molar-refractivity contribution in [2.75, 3.05) is 0 Å². The lowest BCUT2D eigenvalue weighted by Crippen LogP contribution is -2.49. The largest absolute Gasteiger partial charge is 0.341 e. The van der Waals surface area contributed by atoms with Gasteiger partial charge in [-0.25, -0.2) is 0 Å². The van der Waals surface area contributed by atoms with E-state index >= 15 is 0 Å². The smallest absolute Gasteiger partial charge is 0.252 e. The lowest BCUT2D eigenvalue weighted by molar-refractivity contribution is -0.124. The van der Waals surface area contributed by atoms with Gasteiger partial charge in [-0.3, -0.25) is 15.1 Å². The van der Waals surface area contributed by atoms with E-state index in [0.717, 1.165) is 19.3 Å². The molecule has 1 aliphatic carbocycles. The Bertz CT molecular complexity index is 311. The summed E-state index contributed by atoms with van der Waals surface area (Å²) < 4.78 is 0. The normalized spacial score (nSPS) is 37.7. The third-order valence-corrected chi connectivity index (χ3v) is 3.42. The van der Waals surface area contributed by atoms with Crippen molar-refractivity contribution in [3.8, 4) is 0 Å². The zero-order chi connectivity index (χ0) is 11.1. The molecule has 2 aliphatic rings. The minimum atomic E-state index is -0.367. The summed E-state index contributed by atoms with van der Waals surface area (Å²) in [4.78, 5) is 16.3. The number of carbonyl (C=O) groups is 1. The summed E-state index contributed by atoms with van der Waals surface area (Å²) in [6.07, 6.45) is 3.17. The van der Waals surface area contributed by atoms with Crippen LogP contribution in [0.4, 0.5) is 0 Å². The van der Waals surface area contributed by atoms with Crippen LogP contribution in [0.1, 0.15) is 40.0 Å². The highest BCUT2D eigenvalue weighted by Gasteiger charge is 2.51. The van der Waals surface area contributed by atoms with Crippen LogP contribution in [-0.2, 0) is 4.79 Å². The Morgan fingerprint density at radius 1 is 1.53 bits per heavy atom. The molecule has 1 saturated heterocycles. The van der Waals surface area contributed by atoms with E-state index in [1.807, 2.05) is 13.8 Å². The highest BCUT2D eigenvalue weighted by molar-refractivity contribution is 6.09. The fourth-order valence-corrected chi connectivity index (χ4v) is 2.54. The van der Waals surface area contributed by atoms with Crippen molar-refractivity contribution in [2.24, 2.45) is 10.9 Å². The van der Waals surface area contributed by atoms with Gasteiger partial charge in [-0.15, -0.1) is 0 Å². The summed E-state index contributed by atoms with van der Waals surface area (Å²) in [5.41, 5.74) is -0.367. The first-order chi connectivity index (χ1) is 7.04. The molecule has 2 atom stereocenters. The van der Waals surface area contributed by atoms with E-state index in [0.29, 0.717) is 11.9 Å². The van der Waals surface area contributed by atoms with Gasteiger partial charge in [-0.2, -0.15) is 0 Å². The molecule has 2 unspecified atom stereocenters. The van der Waals surface area contributed by atoms with Crippen molar-refractivity contribution in [2.45, 2.75) is 51.6 Å². The highest BCUT2D eigenvalue weighted by Crippen LogP contribution is 2.37. The maximum absolute atomic E-state index is 11.9. The molecular weight excluding hydrogens is 190 g/mol. The van der Waals surface area contributed by atoms with Crippen LogP contribution in [0.25, 0.3) is 0 Å². The summed E-state index contributed by atoms with van der Waals surface area (Å²) in [6, 6.07) is 0.208. The molecule has 0 bridgehead atoms. The first-order valence-electron chi connectivity index (χ1n) is 5.72. The number of aliphatic imine (C=N–C) groups is 1. The number of nitrogens with one attached hydrogen (secondary N) is 2. The SMILES string of the molecule is CC(C)N=C1NC(=O)C2(CCCC2C)N1. The van der Waals surface area contributed by atoms with Crippen molar-refractivity contribution < 1.29 is 4.79 Å². The lowest BCUT2D eigenvalue weighted by atomic mass is 9.89. The third kappa shape index (κ3) is 1.62. The molecule has 4 heteroatoms. The Labute approximate surface area is 90.5 Å². The van der Waals surface area contributed by atoms with Crippen LogP contribution in [-0.4, -0.2) is 23.4 Å². The number of amides is 1. The van der Waals surface area contributed by atoms with Gasteiger partial charge in [-0.1, -0.05) is 13.3 Å². The van der Waals surface area contributed by atoms with E-state index in [2.05, 4.69) is 22.5 Å². The molecular formula is C11H19N3O. The number of hydrogen-bond acceptors (Lipinski definition) is 2. The van der Waals surface area contributed by atoms with Gasteiger partial charge in [0, 0.05) is 6.04 Å². The molecule has 2 N–H and O–H groups in total. The minimum absolute atomic E-state index is 0.104. The molecule has 1 spiro atoms.